The Labute approximate surface area is 127 Å². The molecular formula is C16H15BF3NO. The summed E-state index contributed by atoms with van der Waals surface area (Å²) in [5, 5.41) is 2.48. The molecule has 0 aromatic heterocycles. The summed E-state index contributed by atoms with van der Waals surface area (Å²) < 4.78 is 37.9. The van der Waals surface area contributed by atoms with E-state index in [-0.39, 0.29) is 5.69 Å². The van der Waals surface area contributed by atoms with Gasteiger partial charge >= 0.3 is 6.18 Å². The van der Waals surface area contributed by atoms with Gasteiger partial charge < -0.3 is 5.32 Å². The fourth-order valence-electron chi connectivity index (χ4n) is 2.00. The van der Waals surface area contributed by atoms with Crippen LogP contribution in [0.15, 0.2) is 48.5 Å². The highest BCUT2D eigenvalue weighted by molar-refractivity contribution is 6.70. The van der Waals surface area contributed by atoms with Crippen LogP contribution in [0.4, 0.5) is 18.9 Å². The summed E-state index contributed by atoms with van der Waals surface area (Å²) in [7, 11) is 0. The lowest BCUT2D eigenvalue weighted by molar-refractivity contribution is -0.137. The topological polar surface area (TPSA) is 29.1 Å². The van der Waals surface area contributed by atoms with Crippen molar-refractivity contribution >= 4 is 23.8 Å². The largest absolute Gasteiger partial charge is 0.416 e. The third kappa shape index (κ3) is 3.90. The fraction of sp³-hybridized carbons (Fsp3) is 0.188. The van der Waals surface area contributed by atoms with Crippen molar-refractivity contribution in [2.45, 2.75) is 19.8 Å². The van der Waals surface area contributed by atoms with Gasteiger partial charge in [-0.05, 0) is 30.3 Å². The van der Waals surface area contributed by atoms with Crippen LogP contribution in [0.1, 0.15) is 15.9 Å². The van der Waals surface area contributed by atoms with Crippen LogP contribution in [0.2, 0.25) is 13.6 Å². The molecular weight excluding hydrogens is 290 g/mol. The van der Waals surface area contributed by atoms with Gasteiger partial charge in [0.1, 0.15) is 0 Å². The minimum atomic E-state index is -4.43. The number of benzene rings is 2. The Morgan fingerprint density at radius 3 is 2.23 bits per heavy atom. The summed E-state index contributed by atoms with van der Waals surface area (Å²) in [4.78, 5) is 12.1. The van der Waals surface area contributed by atoms with E-state index in [1.54, 1.807) is 12.1 Å². The van der Waals surface area contributed by atoms with Crippen molar-refractivity contribution in [1.82, 2.24) is 0 Å². The normalized spacial score (nSPS) is 11.1. The van der Waals surface area contributed by atoms with E-state index in [0.29, 0.717) is 12.3 Å². The molecule has 0 saturated heterocycles. The number of hydrogen-bond donors (Lipinski definition) is 1. The maximum Gasteiger partial charge on any atom is 0.416 e. The number of nitrogens with one attached hydrogen (secondary N) is 1. The van der Waals surface area contributed by atoms with Crippen LogP contribution >= 0.6 is 0 Å². The molecule has 2 aromatic rings. The van der Waals surface area contributed by atoms with Gasteiger partial charge in [-0.2, -0.15) is 13.2 Å². The molecule has 0 aliphatic heterocycles. The maximum absolute atomic E-state index is 12.6. The van der Waals surface area contributed by atoms with Crippen LogP contribution in [0, 0.1) is 0 Å². The van der Waals surface area contributed by atoms with Crippen LogP contribution in [0.5, 0.6) is 0 Å². The number of amides is 1. The fourth-order valence-corrected chi connectivity index (χ4v) is 2.00. The van der Waals surface area contributed by atoms with Gasteiger partial charge in [-0.15, -0.1) is 0 Å². The van der Waals surface area contributed by atoms with Crippen molar-refractivity contribution in [1.29, 1.82) is 0 Å². The summed E-state index contributed by atoms with van der Waals surface area (Å²) in [6.45, 7) is 4.43. The Morgan fingerprint density at radius 2 is 1.68 bits per heavy atom. The maximum atomic E-state index is 12.6. The molecule has 2 rings (SSSR count). The van der Waals surface area contributed by atoms with Gasteiger partial charge in [0.2, 0.25) is 0 Å². The molecule has 0 aliphatic carbocycles. The van der Waals surface area contributed by atoms with E-state index in [0.717, 1.165) is 17.6 Å². The SMILES string of the molecule is CB(C)c1ccc(C(=O)Nc2cccc(C(F)(F)F)c2)cc1. The molecule has 2 aromatic carbocycles. The van der Waals surface area contributed by atoms with Crippen LogP contribution in [-0.2, 0) is 6.18 Å². The summed E-state index contributed by atoms with van der Waals surface area (Å²) in [5.41, 5.74) is 0.825. The zero-order chi connectivity index (χ0) is 16.3. The van der Waals surface area contributed by atoms with Gasteiger partial charge in [0.25, 0.3) is 5.91 Å². The molecule has 22 heavy (non-hydrogen) atoms. The lowest BCUT2D eigenvalue weighted by Gasteiger charge is -2.10. The molecule has 0 aliphatic rings. The first kappa shape index (κ1) is 16.1. The quantitative estimate of drug-likeness (QED) is 0.856. The monoisotopic (exact) mass is 305 g/mol. The molecule has 2 nitrogen and oxygen atoms in total. The molecule has 0 heterocycles. The highest BCUT2D eigenvalue weighted by Crippen LogP contribution is 2.30. The second kappa shape index (κ2) is 6.26. The Kier molecular flexibility index (Phi) is 4.59. The van der Waals surface area contributed by atoms with Crippen molar-refractivity contribution in [2.24, 2.45) is 0 Å². The molecule has 0 atom stereocenters. The molecule has 1 N–H and O–H groups in total. The van der Waals surface area contributed by atoms with Gasteiger partial charge in [0.15, 0.2) is 6.71 Å². The van der Waals surface area contributed by atoms with E-state index in [9.17, 15) is 18.0 Å². The summed E-state index contributed by atoms with van der Waals surface area (Å²) in [6, 6.07) is 11.6. The third-order valence-electron chi connectivity index (χ3n) is 3.29. The number of rotatable bonds is 3. The zero-order valence-corrected chi connectivity index (χ0v) is 12.2. The van der Waals surface area contributed by atoms with Gasteiger partial charge in [0, 0.05) is 11.3 Å². The molecule has 0 unspecified atom stereocenters. The average molecular weight is 305 g/mol. The highest BCUT2D eigenvalue weighted by atomic mass is 19.4. The first-order valence-electron chi connectivity index (χ1n) is 6.86. The van der Waals surface area contributed by atoms with Crippen molar-refractivity contribution in [3.63, 3.8) is 0 Å². The lowest BCUT2D eigenvalue weighted by atomic mass is 9.49. The molecule has 114 valence electrons. The predicted molar refractivity (Wildman–Crippen MR) is 83.0 cm³/mol. The van der Waals surface area contributed by atoms with Crippen LogP contribution in [-0.4, -0.2) is 12.6 Å². The number of hydrogen-bond acceptors (Lipinski definition) is 1. The predicted octanol–water partition coefficient (Wildman–Crippen LogP) is 3.92. The van der Waals surface area contributed by atoms with E-state index in [2.05, 4.69) is 5.32 Å². The van der Waals surface area contributed by atoms with Crippen molar-refractivity contribution < 1.29 is 18.0 Å². The highest BCUT2D eigenvalue weighted by Gasteiger charge is 2.30. The minimum absolute atomic E-state index is 0.118. The van der Waals surface area contributed by atoms with Gasteiger partial charge in [0.05, 0.1) is 5.56 Å². The summed E-state index contributed by atoms with van der Waals surface area (Å²) in [6.07, 6.45) is -4.43. The van der Waals surface area contributed by atoms with E-state index < -0.39 is 17.6 Å². The number of carbonyl (C=O) groups is 1. The Balaban J connectivity index is 2.15. The summed E-state index contributed by atoms with van der Waals surface area (Å²) in [5.74, 6) is -0.436. The van der Waals surface area contributed by atoms with Gasteiger partial charge in [-0.25, -0.2) is 0 Å². The minimum Gasteiger partial charge on any atom is -0.322 e. The molecule has 1 amide bonds. The molecule has 6 heteroatoms. The molecule has 0 spiro atoms. The molecule has 0 bridgehead atoms. The Bertz CT molecular complexity index is 666. The zero-order valence-electron chi connectivity index (χ0n) is 12.2. The smallest absolute Gasteiger partial charge is 0.322 e. The standard InChI is InChI=1S/C16H15BF3NO/c1-17(2)13-8-6-11(7-9-13)15(22)21-14-5-3-4-12(10-14)16(18,19)20/h3-10H,1-2H3,(H,21,22). The molecule has 0 fully saturated rings. The Morgan fingerprint density at radius 1 is 1.05 bits per heavy atom. The Hall–Kier alpha value is -2.24. The van der Waals surface area contributed by atoms with Gasteiger partial charge in [-0.3, -0.25) is 4.79 Å². The number of anilines is 1. The van der Waals surface area contributed by atoms with Crippen molar-refractivity contribution in [2.75, 3.05) is 5.32 Å². The van der Waals surface area contributed by atoms with Crippen molar-refractivity contribution in [3.05, 3.63) is 59.7 Å². The first-order chi connectivity index (χ1) is 10.3. The van der Waals surface area contributed by atoms with E-state index in [1.807, 2.05) is 25.8 Å². The van der Waals surface area contributed by atoms with Crippen molar-refractivity contribution in [3.8, 4) is 0 Å². The summed E-state index contributed by atoms with van der Waals surface area (Å²) >= 11 is 0. The van der Waals surface area contributed by atoms with Gasteiger partial charge in [-0.1, -0.05) is 37.3 Å². The average Bonchev–Trinajstić information content (AvgIpc) is 2.46. The van der Waals surface area contributed by atoms with E-state index in [4.69, 9.17) is 0 Å². The second-order valence-corrected chi connectivity index (χ2v) is 5.31. The molecule has 0 saturated carbocycles. The number of halogens is 3. The number of carbonyl (C=O) groups excluding carboxylic acids is 1. The molecule has 0 radical (unpaired) electrons. The number of alkyl halides is 3. The van der Waals surface area contributed by atoms with E-state index >= 15 is 0 Å². The lowest BCUT2D eigenvalue weighted by Crippen LogP contribution is -2.23. The second-order valence-electron chi connectivity index (χ2n) is 5.31. The van der Waals surface area contributed by atoms with Crippen LogP contribution < -0.4 is 10.8 Å². The third-order valence-corrected chi connectivity index (χ3v) is 3.29. The van der Waals surface area contributed by atoms with E-state index in [1.165, 1.54) is 12.1 Å². The van der Waals surface area contributed by atoms with Crippen LogP contribution in [0.25, 0.3) is 0 Å². The first-order valence-corrected chi connectivity index (χ1v) is 6.86. The van der Waals surface area contributed by atoms with Crippen LogP contribution in [0.3, 0.4) is 0 Å².